The summed E-state index contributed by atoms with van der Waals surface area (Å²) in [6.45, 7) is 9.68. The van der Waals surface area contributed by atoms with Gasteiger partial charge in [-0.15, -0.1) is 0 Å². The molecule has 0 fully saturated rings. The third-order valence-electron chi connectivity index (χ3n) is 4.29. The van der Waals surface area contributed by atoms with Crippen molar-refractivity contribution < 1.29 is 17.9 Å². The third kappa shape index (κ3) is 6.37. The van der Waals surface area contributed by atoms with E-state index in [1.54, 1.807) is 12.3 Å². The molecule has 0 bridgehead atoms. The normalized spacial score (nSPS) is 12.0. The van der Waals surface area contributed by atoms with Gasteiger partial charge in [-0.05, 0) is 49.9 Å². The lowest BCUT2D eigenvalue weighted by Crippen LogP contribution is -2.21. The van der Waals surface area contributed by atoms with E-state index >= 15 is 0 Å². The van der Waals surface area contributed by atoms with Crippen molar-refractivity contribution in [1.82, 2.24) is 15.1 Å². The molecule has 1 heterocycles. The van der Waals surface area contributed by atoms with Crippen molar-refractivity contribution in [3.63, 3.8) is 0 Å². The summed E-state index contributed by atoms with van der Waals surface area (Å²) in [5.74, 6) is 0.619. The molecule has 0 radical (unpaired) electrons. The molecule has 0 aliphatic heterocycles. The average Bonchev–Trinajstić information content (AvgIpc) is 3.06. The molecule has 0 saturated carbocycles. The number of rotatable bonds is 10. The maximum atomic E-state index is 13.4. The minimum Gasteiger partial charge on any atom is -0.494 e. The zero-order valence-electron chi connectivity index (χ0n) is 16.5. The van der Waals surface area contributed by atoms with Crippen LogP contribution in [0, 0.1) is 5.92 Å². The summed E-state index contributed by atoms with van der Waals surface area (Å²) in [6.07, 6.45) is -2.14. The van der Waals surface area contributed by atoms with Crippen molar-refractivity contribution in [3.05, 3.63) is 35.7 Å². The van der Waals surface area contributed by atoms with Crippen LogP contribution in [-0.2, 0) is 12.7 Å². The monoisotopic (exact) mass is 396 g/mol. The molecule has 0 aliphatic carbocycles. The van der Waals surface area contributed by atoms with E-state index in [0.717, 1.165) is 24.2 Å². The average molecular weight is 396 g/mol. The number of benzene rings is 1. The van der Waals surface area contributed by atoms with Crippen molar-refractivity contribution in [1.29, 1.82) is 0 Å². The first-order valence-corrected chi connectivity index (χ1v) is 9.19. The Hall–Kier alpha value is -2.35. The van der Waals surface area contributed by atoms with E-state index in [1.165, 1.54) is 0 Å². The fourth-order valence-electron chi connectivity index (χ4n) is 2.69. The molecule has 0 spiro atoms. The molecule has 2 aromatic rings. The summed E-state index contributed by atoms with van der Waals surface area (Å²) in [4.78, 5) is 5.82. The van der Waals surface area contributed by atoms with Crippen molar-refractivity contribution >= 4 is 6.72 Å². The lowest BCUT2D eigenvalue weighted by atomic mass is 10.0. The molecule has 0 amide bonds. The lowest BCUT2D eigenvalue weighted by Gasteiger charge is -2.17. The molecule has 5 nitrogen and oxygen atoms in total. The van der Waals surface area contributed by atoms with Crippen LogP contribution in [0.15, 0.2) is 29.4 Å². The highest BCUT2D eigenvalue weighted by molar-refractivity contribution is 5.68. The quantitative estimate of drug-likeness (QED) is 0.595. The van der Waals surface area contributed by atoms with Gasteiger partial charge in [-0.25, -0.2) is 0 Å². The van der Waals surface area contributed by atoms with E-state index < -0.39 is 11.7 Å². The van der Waals surface area contributed by atoms with Crippen LogP contribution in [-0.4, -0.2) is 48.6 Å². The maximum absolute atomic E-state index is 13.4. The second-order valence-electron chi connectivity index (χ2n) is 7.22. The van der Waals surface area contributed by atoms with E-state index in [4.69, 9.17) is 4.74 Å². The Labute approximate surface area is 163 Å². The Bertz CT molecular complexity index is 771. The second kappa shape index (κ2) is 9.73. The van der Waals surface area contributed by atoms with Crippen LogP contribution in [0.25, 0.3) is 11.1 Å². The van der Waals surface area contributed by atoms with Crippen molar-refractivity contribution in [2.45, 2.75) is 33.0 Å². The van der Waals surface area contributed by atoms with Gasteiger partial charge in [0.05, 0.1) is 30.6 Å². The maximum Gasteiger partial charge on any atom is 0.416 e. The SMILES string of the molecule is C=NCCN(C)Cc1[nH]ncc1-c1cc(OCCC(C)C)cc(C(F)(F)F)c1. The molecule has 28 heavy (non-hydrogen) atoms. The summed E-state index contributed by atoms with van der Waals surface area (Å²) in [5.41, 5.74) is 1.05. The first-order chi connectivity index (χ1) is 13.2. The number of aliphatic imine (C=N–C) groups is 1. The minimum atomic E-state index is -4.46. The molecule has 0 saturated heterocycles. The molecule has 1 N–H and O–H groups in total. The van der Waals surface area contributed by atoms with Gasteiger partial charge in [0.2, 0.25) is 0 Å². The number of hydrogen-bond acceptors (Lipinski definition) is 4. The molecule has 1 aromatic carbocycles. The van der Waals surface area contributed by atoms with Crippen LogP contribution in [0.5, 0.6) is 5.75 Å². The Morgan fingerprint density at radius 3 is 2.68 bits per heavy atom. The highest BCUT2D eigenvalue weighted by Crippen LogP contribution is 2.36. The van der Waals surface area contributed by atoms with Crippen LogP contribution >= 0.6 is 0 Å². The number of aromatic amines is 1. The van der Waals surface area contributed by atoms with Crippen molar-refractivity contribution in [3.8, 4) is 16.9 Å². The molecule has 2 rings (SSSR count). The van der Waals surface area contributed by atoms with Gasteiger partial charge in [0.15, 0.2) is 0 Å². The first kappa shape index (κ1) is 21.9. The summed E-state index contributed by atoms with van der Waals surface area (Å²) in [5, 5.41) is 6.92. The van der Waals surface area contributed by atoms with E-state index in [2.05, 4.69) is 21.9 Å². The van der Waals surface area contributed by atoms with Gasteiger partial charge in [-0.3, -0.25) is 15.0 Å². The Morgan fingerprint density at radius 2 is 2.04 bits per heavy atom. The zero-order chi connectivity index (χ0) is 20.7. The molecular weight excluding hydrogens is 369 g/mol. The molecule has 154 valence electrons. The highest BCUT2D eigenvalue weighted by atomic mass is 19.4. The van der Waals surface area contributed by atoms with Crippen LogP contribution in [0.4, 0.5) is 13.2 Å². The van der Waals surface area contributed by atoms with E-state index in [0.29, 0.717) is 43.3 Å². The number of H-pyrrole nitrogens is 1. The van der Waals surface area contributed by atoms with E-state index in [1.807, 2.05) is 25.8 Å². The molecule has 8 heteroatoms. The van der Waals surface area contributed by atoms with E-state index in [-0.39, 0.29) is 5.75 Å². The van der Waals surface area contributed by atoms with Gasteiger partial charge in [0.25, 0.3) is 0 Å². The number of alkyl halides is 3. The minimum absolute atomic E-state index is 0.210. The number of nitrogens with one attached hydrogen (secondary N) is 1. The smallest absolute Gasteiger partial charge is 0.416 e. The Balaban J connectivity index is 2.31. The van der Waals surface area contributed by atoms with Gasteiger partial charge in [0, 0.05) is 18.7 Å². The summed E-state index contributed by atoms with van der Waals surface area (Å²) >= 11 is 0. The van der Waals surface area contributed by atoms with Crippen LogP contribution in [0.3, 0.4) is 0 Å². The predicted octanol–water partition coefficient (Wildman–Crippen LogP) is 4.65. The second-order valence-corrected chi connectivity index (χ2v) is 7.22. The number of aromatic nitrogens is 2. The summed E-state index contributed by atoms with van der Waals surface area (Å²) in [7, 11) is 1.91. The van der Waals surface area contributed by atoms with Gasteiger partial charge < -0.3 is 4.74 Å². The molecule has 0 aliphatic rings. The Kier molecular flexibility index (Phi) is 7.62. The number of likely N-dealkylation sites (N-methyl/N-ethyl adjacent to an activating group) is 1. The van der Waals surface area contributed by atoms with E-state index in [9.17, 15) is 13.2 Å². The first-order valence-electron chi connectivity index (χ1n) is 9.19. The number of hydrogen-bond donors (Lipinski definition) is 1. The molecule has 0 unspecified atom stereocenters. The molecule has 0 atom stereocenters. The van der Waals surface area contributed by atoms with Gasteiger partial charge >= 0.3 is 6.18 Å². The van der Waals surface area contributed by atoms with Gasteiger partial charge in [-0.1, -0.05) is 13.8 Å². The lowest BCUT2D eigenvalue weighted by molar-refractivity contribution is -0.137. The highest BCUT2D eigenvalue weighted by Gasteiger charge is 2.32. The number of nitrogens with zero attached hydrogens (tertiary/aromatic N) is 3. The van der Waals surface area contributed by atoms with Crippen molar-refractivity contribution in [2.75, 3.05) is 26.7 Å². The fourth-order valence-corrected chi connectivity index (χ4v) is 2.69. The molecule has 1 aromatic heterocycles. The standard InChI is InChI=1S/C20H27F3N4O/c1-14(2)5-8-28-17-10-15(9-16(11-17)20(21,22)23)18-12-25-26-19(18)13-27(4)7-6-24-3/h9-12,14H,3,5-8,13H2,1-2,4H3,(H,25,26). The summed E-state index contributed by atoms with van der Waals surface area (Å²) < 4.78 is 45.8. The van der Waals surface area contributed by atoms with Gasteiger partial charge in [-0.2, -0.15) is 18.3 Å². The number of halogens is 3. The topological polar surface area (TPSA) is 53.5 Å². The van der Waals surface area contributed by atoms with Crippen LogP contribution < -0.4 is 4.74 Å². The fraction of sp³-hybridized carbons (Fsp3) is 0.500. The van der Waals surface area contributed by atoms with Crippen LogP contribution in [0.1, 0.15) is 31.5 Å². The van der Waals surface area contributed by atoms with Crippen LogP contribution in [0.2, 0.25) is 0 Å². The van der Waals surface area contributed by atoms with Gasteiger partial charge in [0.1, 0.15) is 5.75 Å². The predicted molar refractivity (Wildman–Crippen MR) is 105 cm³/mol. The zero-order valence-corrected chi connectivity index (χ0v) is 16.5. The third-order valence-corrected chi connectivity index (χ3v) is 4.29. The Morgan fingerprint density at radius 1 is 1.29 bits per heavy atom. The summed E-state index contributed by atoms with van der Waals surface area (Å²) in [6, 6.07) is 3.82. The largest absolute Gasteiger partial charge is 0.494 e. The van der Waals surface area contributed by atoms with Crippen molar-refractivity contribution in [2.24, 2.45) is 10.9 Å². The molecular formula is C20H27F3N4O. The number of ether oxygens (including phenoxy) is 1.